The quantitative estimate of drug-likeness (QED) is 0.530. The van der Waals surface area contributed by atoms with Crippen LogP contribution < -0.4 is 18.9 Å². The molecule has 3 aromatic rings. The van der Waals surface area contributed by atoms with Crippen LogP contribution in [0.4, 0.5) is 5.82 Å². The molecule has 2 aromatic carbocycles. The molecule has 0 aliphatic carbocycles. The number of anilines is 1. The number of hydrogen-bond donors (Lipinski definition) is 2. The molecule has 3 rings (SSSR count). The van der Waals surface area contributed by atoms with E-state index in [2.05, 4.69) is 14.7 Å². The number of aliphatic hydroxyl groups excluding tert-OH is 1. The van der Waals surface area contributed by atoms with Gasteiger partial charge in [0.25, 0.3) is 10.0 Å². The Morgan fingerprint density at radius 3 is 2.10 bits per heavy atom. The number of benzene rings is 2. The molecule has 0 bridgehead atoms. The fourth-order valence-electron chi connectivity index (χ4n) is 2.66. The molecule has 1 aromatic heterocycles. The molecule has 0 aliphatic rings. The third-order valence-electron chi connectivity index (χ3n) is 4.12. The molecule has 1 heterocycles. The van der Waals surface area contributed by atoms with Gasteiger partial charge in [0.15, 0.2) is 5.82 Å². The summed E-state index contributed by atoms with van der Waals surface area (Å²) in [5.41, 5.74) is 0.947. The molecule has 9 nitrogen and oxygen atoms in total. The number of hydrogen-bond acceptors (Lipinski definition) is 8. The van der Waals surface area contributed by atoms with Crippen LogP contribution in [0.2, 0.25) is 0 Å². The molecule has 30 heavy (non-hydrogen) atoms. The summed E-state index contributed by atoms with van der Waals surface area (Å²) < 4.78 is 44.0. The van der Waals surface area contributed by atoms with Gasteiger partial charge in [0.2, 0.25) is 5.88 Å². The second-order valence-corrected chi connectivity index (χ2v) is 7.67. The molecule has 0 saturated carbocycles. The molecular weight excluding hydrogens is 410 g/mol. The van der Waals surface area contributed by atoms with Crippen molar-refractivity contribution < 1.29 is 27.7 Å². The minimum absolute atomic E-state index is 0.00909. The van der Waals surface area contributed by atoms with Crippen LogP contribution in [0.25, 0.3) is 11.1 Å². The molecule has 158 valence electrons. The van der Waals surface area contributed by atoms with Crippen molar-refractivity contribution in [3.8, 4) is 28.5 Å². The van der Waals surface area contributed by atoms with E-state index < -0.39 is 10.0 Å². The van der Waals surface area contributed by atoms with Gasteiger partial charge in [-0.25, -0.2) is 18.4 Å². The summed E-state index contributed by atoms with van der Waals surface area (Å²) in [5, 5.41) is 9.10. The van der Waals surface area contributed by atoms with E-state index in [1.54, 1.807) is 43.5 Å². The van der Waals surface area contributed by atoms with Crippen LogP contribution in [0, 0.1) is 0 Å². The first kappa shape index (κ1) is 21.3. The number of aliphatic hydroxyl groups is 1. The number of nitrogens with one attached hydrogen (secondary N) is 1. The van der Waals surface area contributed by atoms with Crippen LogP contribution >= 0.6 is 0 Å². The van der Waals surface area contributed by atoms with Crippen LogP contribution in [-0.4, -0.2) is 50.9 Å². The van der Waals surface area contributed by atoms with Gasteiger partial charge in [0.05, 0.1) is 31.3 Å². The highest BCUT2D eigenvalue weighted by atomic mass is 32.2. The van der Waals surface area contributed by atoms with E-state index in [-0.39, 0.29) is 29.8 Å². The van der Waals surface area contributed by atoms with Crippen molar-refractivity contribution in [1.29, 1.82) is 0 Å². The zero-order valence-corrected chi connectivity index (χ0v) is 17.2. The molecule has 2 N–H and O–H groups in total. The van der Waals surface area contributed by atoms with E-state index in [9.17, 15) is 8.42 Å². The molecule has 0 unspecified atom stereocenters. The maximum absolute atomic E-state index is 12.9. The zero-order valence-electron chi connectivity index (χ0n) is 16.4. The lowest BCUT2D eigenvalue weighted by Crippen LogP contribution is -2.16. The van der Waals surface area contributed by atoms with Gasteiger partial charge in [-0.2, -0.15) is 0 Å². The van der Waals surface area contributed by atoms with E-state index in [0.717, 1.165) is 0 Å². The summed E-state index contributed by atoms with van der Waals surface area (Å²) >= 11 is 0. The predicted octanol–water partition coefficient (Wildman–Crippen LogP) is 2.33. The van der Waals surface area contributed by atoms with E-state index in [4.69, 9.17) is 19.3 Å². The van der Waals surface area contributed by atoms with Gasteiger partial charge in [0, 0.05) is 0 Å². The van der Waals surface area contributed by atoms with Gasteiger partial charge >= 0.3 is 0 Å². The Hall–Kier alpha value is -3.37. The van der Waals surface area contributed by atoms with E-state index in [1.807, 2.05) is 0 Å². The number of aromatic nitrogens is 2. The second-order valence-electron chi connectivity index (χ2n) is 5.98. The Labute approximate surface area is 174 Å². The minimum Gasteiger partial charge on any atom is -0.497 e. The predicted molar refractivity (Wildman–Crippen MR) is 110 cm³/mol. The Bertz CT molecular complexity index is 1090. The van der Waals surface area contributed by atoms with Crippen molar-refractivity contribution in [3.63, 3.8) is 0 Å². The molecule has 0 spiro atoms. The van der Waals surface area contributed by atoms with Crippen LogP contribution in [-0.2, 0) is 10.0 Å². The van der Waals surface area contributed by atoms with Gasteiger partial charge in [-0.1, -0.05) is 12.1 Å². The van der Waals surface area contributed by atoms with Crippen LogP contribution in [0.3, 0.4) is 0 Å². The van der Waals surface area contributed by atoms with Crippen molar-refractivity contribution >= 4 is 15.8 Å². The van der Waals surface area contributed by atoms with E-state index in [1.165, 1.54) is 25.6 Å². The number of rotatable bonds is 9. The summed E-state index contributed by atoms with van der Waals surface area (Å²) in [4.78, 5) is 8.25. The highest BCUT2D eigenvalue weighted by Gasteiger charge is 2.21. The lowest BCUT2D eigenvalue weighted by molar-refractivity contribution is 0.197. The third kappa shape index (κ3) is 4.78. The fourth-order valence-corrected chi connectivity index (χ4v) is 3.68. The van der Waals surface area contributed by atoms with Gasteiger partial charge < -0.3 is 19.3 Å². The van der Waals surface area contributed by atoms with Crippen molar-refractivity contribution in [1.82, 2.24) is 9.97 Å². The summed E-state index contributed by atoms with van der Waals surface area (Å²) in [6, 6.07) is 12.9. The molecule has 0 aliphatic heterocycles. The van der Waals surface area contributed by atoms with Gasteiger partial charge in [-0.05, 0) is 42.0 Å². The first-order valence-electron chi connectivity index (χ1n) is 8.88. The molecule has 0 radical (unpaired) electrons. The number of methoxy groups -OCH3 is 2. The molecule has 0 amide bonds. The average Bonchev–Trinajstić information content (AvgIpc) is 2.77. The highest BCUT2D eigenvalue weighted by Crippen LogP contribution is 2.35. The summed E-state index contributed by atoms with van der Waals surface area (Å²) in [6.07, 6.45) is 1.19. The lowest BCUT2D eigenvalue weighted by atomic mass is 10.1. The van der Waals surface area contributed by atoms with Crippen LogP contribution in [0.15, 0.2) is 59.8 Å². The first-order chi connectivity index (χ1) is 14.5. The SMILES string of the molecule is COc1ccc(-c2c(NS(=O)(=O)c3ccc(OC)cc3)ncnc2OCCO)cc1. The van der Waals surface area contributed by atoms with Crippen LogP contribution in [0.1, 0.15) is 0 Å². The zero-order chi connectivity index (χ0) is 21.6. The Balaban J connectivity index is 2.04. The number of ether oxygens (including phenoxy) is 3. The average molecular weight is 431 g/mol. The Kier molecular flexibility index (Phi) is 6.70. The van der Waals surface area contributed by atoms with Gasteiger partial charge in [-0.3, -0.25) is 4.72 Å². The normalized spacial score (nSPS) is 11.0. The number of sulfonamides is 1. The summed E-state index contributed by atoms with van der Waals surface area (Å²) in [6.45, 7) is -0.232. The smallest absolute Gasteiger partial charge is 0.263 e. The third-order valence-corrected chi connectivity index (χ3v) is 5.48. The van der Waals surface area contributed by atoms with Crippen molar-refractivity contribution in [2.24, 2.45) is 0 Å². The molecule has 0 fully saturated rings. The van der Waals surface area contributed by atoms with E-state index in [0.29, 0.717) is 22.6 Å². The molecule has 0 atom stereocenters. The highest BCUT2D eigenvalue weighted by molar-refractivity contribution is 7.92. The largest absolute Gasteiger partial charge is 0.497 e. The standard InChI is InChI=1S/C20H21N3O6S/c1-27-15-5-3-14(4-6-15)18-19(21-13-22-20(18)29-12-11-24)23-30(25,26)17-9-7-16(28-2)8-10-17/h3-10,13,24H,11-12H2,1-2H3,(H,21,22,23). The van der Waals surface area contributed by atoms with Crippen LogP contribution in [0.5, 0.6) is 17.4 Å². The molecule has 0 saturated heterocycles. The maximum atomic E-state index is 12.9. The number of nitrogens with zero attached hydrogens (tertiary/aromatic N) is 2. The maximum Gasteiger partial charge on any atom is 0.263 e. The topological polar surface area (TPSA) is 120 Å². The second kappa shape index (κ2) is 9.42. The Morgan fingerprint density at radius 1 is 0.933 bits per heavy atom. The molecular formula is C20H21N3O6S. The summed E-state index contributed by atoms with van der Waals surface area (Å²) in [7, 11) is -0.900. The lowest BCUT2D eigenvalue weighted by Gasteiger charge is -2.15. The minimum atomic E-state index is -3.94. The van der Waals surface area contributed by atoms with Crippen molar-refractivity contribution in [2.45, 2.75) is 4.90 Å². The Morgan fingerprint density at radius 2 is 1.53 bits per heavy atom. The first-order valence-corrected chi connectivity index (χ1v) is 10.4. The monoisotopic (exact) mass is 431 g/mol. The molecule has 10 heteroatoms. The van der Waals surface area contributed by atoms with Gasteiger partial charge in [0.1, 0.15) is 24.4 Å². The van der Waals surface area contributed by atoms with Crippen molar-refractivity contribution in [2.75, 3.05) is 32.2 Å². The van der Waals surface area contributed by atoms with Gasteiger partial charge in [-0.15, -0.1) is 0 Å². The summed E-state index contributed by atoms with van der Waals surface area (Å²) in [5.74, 6) is 1.35. The van der Waals surface area contributed by atoms with Crippen molar-refractivity contribution in [3.05, 3.63) is 54.9 Å². The van der Waals surface area contributed by atoms with E-state index >= 15 is 0 Å². The fraction of sp³-hybridized carbons (Fsp3) is 0.200.